The average Bonchev–Trinajstić information content (AvgIpc) is 3.09. The van der Waals surface area contributed by atoms with Crippen molar-refractivity contribution in [1.29, 1.82) is 0 Å². The lowest BCUT2D eigenvalue weighted by Crippen LogP contribution is -2.17. The van der Waals surface area contributed by atoms with Crippen molar-refractivity contribution < 1.29 is 22.3 Å². The van der Waals surface area contributed by atoms with E-state index in [0.29, 0.717) is 10.7 Å². The van der Waals surface area contributed by atoms with Gasteiger partial charge in [-0.2, -0.15) is 0 Å². The standard InChI is InChI=1S/C18H16FN3O4S2/c1-26-15-7-6-13(8-16(15)28(20,24)25)21-17(23)9-14-10-27-18(22-14)11-2-4-12(19)5-3-11/h2-8,10H,9H2,1H3,(H,21,23)(H2,20,24,25). The number of amides is 1. The summed E-state index contributed by atoms with van der Waals surface area (Å²) in [6.07, 6.45) is -0.00552. The van der Waals surface area contributed by atoms with Crippen LogP contribution in [0.3, 0.4) is 0 Å². The summed E-state index contributed by atoms with van der Waals surface area (Å²) in [4.78, 5) is 16.4. The summed E-state index contributed by atoms with van der Waals surface area (Å²) in [5.74, 6) is -0.622. The van der Waals surface area contributed by atoms with Crippen molar-refractivity contribution in [3.8, 4) is 16.3 Å². The summed E-state index contributed by atoms with van der Waals surface area (Å²) in [5, 5.41) is 10.2. The van der Waals surface area contributed by atoms with E-state index in [1.54, 1.807) is 17.5 Å². The Morgan fingerprint density at radius 3 is 2.61 bits per heavy atom. The van der Waals surface area contributed by atoms with Crippen LogP contribution in [0.15, 0.2) is 52.7 Å². The van der Waals surface area contributed by atoms with Crippen LogP contribution in [0.1, 0.15) is 5.69 Å². The van der Waals surface area contributed by atoms with Crippen molar-refractivity contribution >= 4 is 33.0 Å². The number of sulfonamides is 1. The molecule has 0 atom stereocenters. The van der Waals surface area contributed by atoms with Crippen LogP contribution in [0.4, 0.5) is 10.1 Å². The molecule has 146 valence electrons. The molecule has 0 saturated carbocycles. The third-order valence-electron chi connectivity index (χ3n) is 3.74. The van der Waals surface area contributed by atoms with E-state index >= 15 is 0 Å². The summed E-state index contributed by atoms with van der Waals surface area (Å²) < 4.78 is 41.3. The summed E-state index contributed by atoms with van der Waals surface area (Å²) in [5.41, 5.74) is 1.57. The maximum absolute atomic E-state index is 13.0. The molecule has 0 aliphatic rings. The van der Waals surface area contributed by atoms with Gasteiger partial charge in [-0.05, 0) is 42.5 Å². The number of benzene rings is 2. The third-order valence-corrected chi connectivity index (χ3v) is 5.61. The number of hydrogen-bond acceptors (Lipinski definition) is 6. The lowest BCUT2D eigenvalue weighted by molar-refractivity contribution is -0.115. The SMILES string of the molecule is COc1ccc(NC(=O)Cc2csc(-c3ccc(F)cc3)n2)cc1S(N)(=O)=O. The fourth-order valence-electron chi connectivity index (χ4n) is 2.46. The molecule has 0 radical (unpaired) electrons. The van der Waals surface area contributed by atoms with Crippen LogP contribution < -0.4 is 15.2 Å². The molecule has 10 heteroatoms. The van der Waals surface area contributed by atoms with Gasteiger partial charge in [-0.3, -0.25) is 4.79 Å². The van der Waals surface area contributed by atoms with Crippen LogP contribution in [-0.2, 0) is 21.2 Å². The van der Waals surface area contributed by atoms with E-state index in [1.807, 2.05) is 0 Å². The monoisotopic (exact) mass is 421 g/mol. The number of ether oxygens (including phenoxy) is 1. The number of anilines is 1. The molecular weight excluding hydrogens is 405 g/mol. The fraction of sp³-hybridized carbons (Fsp3) is 0.111. The highest BCUT2D eigenvalue weighted by Gasteiger charge is 2.17. The Morgan fingerprint density at radius 1 is 1.25 bits per heavy atom. The van der Waals surface area contributed by atoms with E-state index in [4.69, 9.17) is 9.88 Å². The smallest absolute Gasteiger partial charge is 0.241 e. The quantitative estimate of drug-likeness (QED) is 0.636. The average molecular weight is 421 g/mol. The van der Waals surface area contributed by atoms with Gasteiger partial charge in [0.05, 0.1) is 19.2 Å². The van der Waals surface area contributed by atoms with Gasteiger partial charge in [0, 0.05) is 16.6 Å². The van der Waals surface area contributed by atoms with Gasteiger partial charge in [0.2, 0.25) is 15.9 Å². The number of halogens is 1. The van der Waals surface area contributed by atoms with Crippen molar-refractivity contribution in [2.24, 2.45) is 5.14 Å². The maximum Gasteiger partial charge on any atom is 0.241 e. The number of methoxy groups -OCH3 is 1. The maximum atomic E-state index is 13.0. The van der Waals surface area contributed by atoms with Gasteiger partial charge in [-0.25, -0.2) is 22.9 Å². The van der Waals surface area contributed by atoms with Crippen molar-refractivity contribution in [2.75, 3.05) is 12.4 Å². The number of thiazole rings is 1. The molecule has 1 aromatic heterocycles. The van der Waals surface area contributed by atoms with E-state index in [9.17, 15) is 17.6 Å². The van der Waals surface area contributed by atoms with Crippen LogP contribution >= 0.6 is 11.3 Å². The second kappa shape index (κ2) is 8.05. The number of hydrogen-bond donors (Lipinski definition) is 2. The molecule has 3 aromatic rings. The number of carbonyl (C=O) groups excluding carboxylic acids is 1. The van der Waals surface area contributed by atoms with Crippen LogP contribution in [0.25, 0.3) is 10.6 Å². The molecule has 3 N–H and O–H groups in total. The third kappa shape index (κ3) is 4.71. The summed E-state index contributed by atoms with van der Waals surface area (Å²) in [7, 11) is -2.68. The highest BCUT2D eigenvalue weighted by atomic mass is 32.2. The first-order valence-electron chi connectivity index (χ1n) is 7.97. The van der Waals surface area contributed by atoms with Gasteiger partial charge in [0.15, 0.2) is 0 Å². The molecule has 0 unspecified atom stereocenters. The Hall–Kier alpha value is -2.82. The lowest BCUT2D eigenvalue weighted by atomic mass is 10.2. The van der Waals surface area contributed by atoms with E-state index in [2.05, 4.69) is 10.3 Å². The van der Waals surface area contributed by atoms with Crippen molar-refractivity contribution in [2.45, 2.75) is 11.3 Å². The van der Waals surface area contributed by atoms with Crippen LogP contribution in [0.5, 0.6) is 5.75 Å². The fourth-order valence-corrected chi connectivity index (χ4v) is 4.01. The Morgan fingerprint density at radius 2 is 1.96 bits per heavy atom. The van der Waals surface area contributed by atoms with E-state index in [-0.39, 0.29) is 34.5 Å². The largest absolute Gasteiger partial charge is 0.495 e. The zero-order chi connectivity index (χ0) is 20.3. The van der Waals surface area contributed by atoms with Gasteiger partial charge >= 0.3 is 0 Å². The van der Waals surface area contributed by atoms with Gasteiger partial charge in [0.1, 0.15) is 21.5 Å². The van der Waals surface area contributed by atoms with Crippen LogP contribution in [-0.4, -0.2) is 26.4 Å². The van der Waals surface area contributed by atoms with E-state index in [1.165, 1.54) is 48.8 Å². The molecule has 7 nitrogen and oxygen atoms in total. The van der Waals surface area contributed by atoms with Crippen LogP contribution in [0, 0.1) is 5.82 Å². The number of primary sulfonamides is 1. The lowest BCUT2D eigenvalue weighted by Gasteiger charge is -2.10. The van der Waals surface area contributed by atoms with Crippen molar-refractivity contribution in [3.05, 3.63) is 59.4 Å². The Balaban J connectivity index is 1.72. The van der Waals surface area contributed by atoms with Gasteiger partial charge in [0.25, 0.3) is 0 Å². The first-order chi connectivity index (χ1) is 13.3. The molecule has 0 saturated heterocycles. The summed E-state index contributed by atoms with van der Waals surface area (Å²) in [6.45, 7) is 0. The van der Waals surface area contributed by atoms with Gasteiger partial charge in [-0.15, -0.1) is 11.3 Å². The minimum atomic E-state index is -4.01. The number of nitrogens with zero attached hydrogens (tertiary/aromatic N) is 1. The number of nitrogens with two attached hydrogens (primary N) is 1. The Bertz CT molecular complexity index is 1110. The molecule has 1 heterocycles. The number of carbonyl (C=O) groups is 1. The molecule has 0 fully saturated rings. The predicted octanol–water partition coefficient (Wildman–Crippen LogP) is 2.79. The van der Waals surface area contributed by atoms with E-state index in [0.717, 1.165) is 5.56 Å². The number of aromatic nitrogens is 1. The molecular formula is C18H16FN3O4S2. The van der Waals surface area contributed by atoms with Gasteiger partial charge in [-0.1, -0.05) is 0 Å². The second-order valence-corrected chi connectivity index (χ2v) is 8.17. The summed E-state index contributed by atoms with van der Waals surface area (Å²) in [6, 6.07) is 10.1. The highest BCUT2D eigenvalue weighted by molar-refractivity contribution is 7.89. The van der Waals surface area contributed by atoms with E-state index < -0.39 is 10.0 Å². The Labute approximate surface area is 165 Å². The zero-order valence-corrected chi connectivity index (χ0v) is 16.3. The molecule has 0 aliphatic carbocycles. The zero-order valence-electron chi connectivity index (χ0n) is 14.7. The molecule has 28 heavy (non-hydrogen) atoms. The van der Waals surface area contributed by atoms with Crippen LogP contribution in [0.2, 0.25) is 0 Å². The normalized spacial score (nSPS) is 11.2. The molecule has 0 spiro atoms. The molecule has 0 bridgehead atoms. The first-order valence-corrected chi connectivity index (χ1v) is 10.4. The molecule has 2 aromatic carbocycles. The van der Waals surface area contributed by atoms with Crippen molar-refractivity contribution in [3.63, 3.8) is 0 Å². The van der Waals surface area contributed by atoms with Gasteiger partial charge < -0.3 is 10.1 Å². The summed E-state index contributed by atoms with van der Waals surface area (Å²) >= 11 is 1.34. The molecule has 3 rings (SSSR count). The highest BCUT2D eigenvalue weighted by Crippen LogP contribution is 2.27. The minimum Gasteiger partial charge on any atom is -0.495 e. The molecule has 0 aliphatic heterocycles. The number of nitrogens with one attached hydrogen (secondary N) is 1. The second-order valence-electron chi connectivity index (χ2n) is 5.79. The predicted molar refractivity (Wildman–Crippen MR) is 104 cm³/mol. The number of rotatable bonds is 6. The molecule has 1 amide bonds. The first kappa shape index (κ1) is 19.9. The topological polar surface area (TPSA) is 111 Å². The van der Waals surface area contributed by atoms with Crippen molar-refractivity contribution in [1.82, 2.24) is 4.98 Å². The minimum absolute atomic E-state index is 0.00552. The Kier molecular flexibility index (Phi) is 5.73.